The molecular formula is C27H35F2N3O3. The van der Waals surface area contributed by atoms with Crippen LogP contribution in [0.5, 0.6) is 11.6 Å². The standard InChI is InChI=1S/C27H35F2N3O3/c1-18(2)14-32(15-22(33)17-34-19(3)4)16-23-26(20-9-7-6-8-10-20)30-31(5)27(23)35-25-12-11-21(28)13-24(25)29/h6-13,18-19,22,33H,14-17H2,1-5H3/t22-/m0/s1. The summed E-state index contributed by atoms with van der Waals surface area (Å²) in [5, 5.41) is 15.3. The average Bonchev–Trinajstić information content (AvgIpc) is 3.09. The molecule has 8 heteroatoms. The average molecular weight is 488 g/mol. The SMILES string of the molecule is CC(C)CN(Cc1c(-c2ccccc2)nn(C)c1Oc1ccc(F)cc1F)C[C@H](O)COC(C)C. The molecule has 1 atom stereocenters. The van der Waals surface area contributed by atoms with Crippen molar-refractivity contribution in [2.45, 2.75) is 46.4 Å². The molecule has 0 amide bonds. The van der Waals surface area contributed by atoms with E-state index in [0.29, 0.717) is 37.1 Å². The van der Waals surface area contributed by atoms with Crippen LogP contribution in [-0.4, -0.2) is 51.7 Å². The molecule has 3 aromatic rings. The maximum Gasteiger partial charge on any atom is 0.222 e. The highest BCUT2D eigenvalue weighted by molar-refractivity contribution is 5.65. The summed E-state index contributed by atoms with van der Waals surface area (Å²) in [6.07, 6.45) is -0.649. The summed E-state index contributed by atoms with van der Waals surface area (Å²) in [7, 11) is 1.73. The molecule has 0 aliphatic heterocycles. The summed E-state index contributed by atoms with van der Waals surface area (Å²) in [6, 6.07) is 12.9. The fraction of sp³-hybridized carbons (Fsp3) is 0.444. The highest BCUT2D eigenvalue weighted by Crippen LogP contribution is 2.35. The van der Waals surface area contributed by atoms with Crippen LogP contribution in [0.2, 0.25) is 0 Å². The number of nitrogens with zero attached hydrogens (tertiary/aromatic N) is 3. The summed E-state index contributed by atoms with van der Waals surface area (Å²) in [6.45, 7) is 9.82. The number of aromatic nitrogens is 2. The first-order valence-electron chi connectivity index (χ1n) is 11.9. The number of ether oxygens (including phenoxy) is 2. The van der Waals surface area contributed by atoms with Gasteiger partial charge in [0.1, 0.15) is 11.5 Å². The van der Waals surface area contributed by atoms with Gasteiger partial charge < -0.3 is 14.6 Å². The van der Waals surface area contributed by atoms with Gasteiger partial charge in [-0.1, -0.05) is 44.2 Å². The van der Waals surface area contributed by atoms with E-state index in [1.807, 2.05) is 44.2 Å². The smallest absolute Gasteiger partial charge is 0.222 e. The largest absolute Gasteiger partial charge is 0.436 e. The van der Waals surface area contributed by atoms with Crippen LogP contribution in [-0.2, 0) is 18.3 Å². The first-order chi connectivity index (χ1) is 16.6. The van der Waals surface area contributed by atoms with Gasteiger partial charge in [0.15, 0.2) is 11.6 Å². The number of rotatable bonds is 12. The lowest BCUT2D eigenvalue weighted by atomic mass is 10.1. The Labute approximate surface area is 206 Å². The summed E-state index contributed by atoms with van der Waals surface area (Å²) < 4.78 is 41.0. The maximum absolute atomic E-state index is 14.4. The van der Waals surface area contributed by atoms with E-state index in [-0.39, 0.29) is 18.5 Å². The number of benzene rings is 2. The van der Waals surface area contributed by atoms with E-state index < -0.39 is 17.7 Å². The van der Waals surface area contributed by atoms with Crippen molar-refractivity contribution in [2.24, 2.45) is 13.0 Å². The third kappa shape index (κ3) is 7.59. The van der Waals surface area contributed by atoms with Gasteiger partial charge in [-0.05, 0) is 31.9 Å². The Bertz CT molecular complexity index is 1090. The number of aliphatic hydroxyl groups is 1. The highest BCUT2D eigenvalue weighted by Gasteiger charge is 2.24. The van der Waals surface area contributed by atoms with Gasteiger partial charge in [-0.3, -0.25) is 4.90 Å². The monoisotopic (exact) mass is 487 g/mol. The fourth-order valence-corrected chi connectivity index (χ4v) is 3.91. The van der Waals surface area contributed by atoms with Gasteiger partial charge in [-0.2, -0.15) is 5.10 Å². The highest BCUT2D eigenvalue weighted by atomic mass is 19.1. The Morgan fingerprint density at radius 3 is 2.37 bits per heavy atom. The van der Waals surface area contributed by atoms with E-state index in [1.54, 1.807) is 11.7 Å². The third-order valence-electron chi connectivity index (χ3n) is 5.33. The first-order valence-corrected chi connectivity index (χ1v) is 11.9. The van der Waals surface area contributed by atoms with Gasteiger partial charge in [0.25, 0.3) is 0 Å². The van der Waals surface area contributed by atoms with Crippen molar-refractivity contribution in [3.63, 3.8) is 0 Å². The minimum Gasteiger partial charge on any atom is -0.436 e. The van der Waals surface area contributed by atoms with Crippen LogP contribution in [0.3, 0.4) is 0 Å². The molecule has 0 saturated carbocycles. The van der Waals surface area contributed by atoms with Crippen LogP contribution in [0, 0.1) is 17.6 Å². The van der Waals surface area contributed by atoms with Gasteiger partial charge in [0, 0.05) is 38.3 Å². The molecule has 0 fully saturated rings. The zero-order valence-corrected chi connectivity index (χ0v) is 21.0. The van der Waals surface area contributed by atoms with Gasteiger partial charge in [0.05, 0.1) is 24.4 Å². The van der Waals surface area contributed by atoms with Gasteiger partial charge >= 0.3 is 0 Å². The normalized spacial score (nSPS) is 12.7. The van der Waals surface area contributed by atoms with Crippen LogP contribution < -0.4 is 4.74 Å². The molecule has 6 nitrogen and oxygen atoms in total. The predicted molar refractivity (Wildman–Crippen MR) is 132 cm³/mol. The second-order valence-corrected chi connectivity index (χ2v) is 9.42. The molecule has 0 spiro atoms. The van der Waals surface area contributed by atoms with E-state index in [4.69, 9.17) is 9.47 Å². The Balaban J connectivity index is 1.98. The Morgan fingerprint density at radius 2 is 1.74 bits per heavy atom. The number of aryl methyl sites for hydroxylation is 1. The fourth-order valence-electron chi connectivity index (χ4n) is 3.91. The minimum absolute atomic E-state index is 0.0248. The maximum atomic E-state index is 14.4. The molecule has 0 unspecified atom stereocenters. The number of aliphatic hydroxyl groups excluding tert-OH is 1. The van der Waals surface area contributed by atoms with E-state index in [1.165, 1.54) is 6.07 Å². The second kappa shape index (κ2) is 12.2. The van der Waals surface area contributed by atoms with Crippen molar-refractivity contribution in [2.75, 3.05) is 19.7 Å². The molecular weight excluding hydrogens is 452 g/mol. The van der Waals surface area contributed by atoms with E-state index in [9.17, 15) is 13.9 Å². The molecule has 3 rings (SSSR count). The third-order valence-corrected chi connectivity index (χ3v) is 5.33. The molecule has 35 heavy (non-hydrogen) atoms. The van der Waals surface area contributed by atoms with Crippen molar-refractivity contribution in [1.82, 2.24) is 14.7 Å². The van der Waals surface area contributed by atoms with Gasteiger partial charge in [0.2, 0.25) is 5.88 Å². The van der Waals surface area contributed by atoms with Crippen LogP contribution in [0.15, 0.2) is 48.5 Å². The Hall–Kier alpha value is -2.81. The van der Waals surface area contributed by atoms with E-state index >= 15 is 0 Å². The molecule has 0 radical (unpaired) electrons. The topological polar surface area (TPSA) is 59.8 Å². The summed E-state index contributed by atoms with van der Waals surface area (Å²) in [5.41, 5.74) is 2.34. The minimum atomic E-state index is -0.793. The molecule has 1 aromatic heterocycles. The molecule has 2 aromatic carbocycles. The Morgan fingerprint density at radius 1 is 1.03 bits per heavy atom. The van der Waals surface area contributed by atoms with Crippen LogP contribution in [0.25, 0.3) is 11.3 Å². The lowest BCUT2D eigenvalue weighted by Gasteiger charge is -2.27. The van der Waals surface area contributed by atoms with Gasteiger partial charge in [-0.25, -0.2) is 13.5 Å². The van der Waals surface area contributed by atoms with Crippen molar-refractivity contribution < 1.29 is 23.4 Å². The van der Waals surface area contributed by atoms with Crippen LogP contribution >= 0.6 is 0 Å². The summed E-state index contributed by atoms with van der Waals surface area (Å²) in [5.74, 6) is -0.861. The molecule has 0 saturated heterocycles. The molecule has 0 aliphatic rings. The zero-order chi connectivity index (χ0) is 25.5. The van der Waals surface area contributed by atoms with Crippen molar-refractivity contribution in [1.29, 1.82) is 0 Å². The zero-order valence-electron chi connectivity index (χ0n) is 21.0. The molecule has 1 N–H and O–H groups in total. The summed E-state index contributed by atoms with van der Waals surface area (Å²) in [4.78, 5) is 2.12. The Kier molecular flexibility index (Phi) is 9.37. The quantitative estimate of drug-likeness (QED) is 0.371. The molecule has 190 valence electrons. The van der Waals surface area contributed by atoms with Gasteiger partial charge in [-0.15, -0.1) is 0 Å². The first kappa shape index (κ1) is 26.8. The lowest BCUT2D eigenvalue weighted by molar-refractivity contribution is -0.0109. The van der Waals surface area contributed by atoms with Crippen molar-refractivity contribution >= 4 is 0 Å². The summed E-state index contributed by atoms with van der Waals surface area (Å²) >= 11 is 0. The molecule has 1 heterocycles. The second-order valence-electron chi connectivity index (χ2n) is 9.42. The van der Waals surface area contributed by atoms with Crippen LogP contribution in [0.1, 0.15) is 33.3 Å². The molecule has 0 aliphatic carbocycles. The van der Waals surface area contributed by atoms with E-state index in [2.05, 4.69) is 23.8 Å². The number of hydrogen-bond acceptors (Lipinski definition) is 5. The number of hydrogen-bond donors (Lipinski definition) is 1. The predicted octanol–water partition coefficient (Wildman–Crippen LogP) is 5.40. The van der Waals surface area contributed by atoms with E-state index in [0.717, 1.165) is 23.3 Å². The lowest BCUT2D eigenvalue weighted by Crippen LogP contribution is -2.37. The number of halogens is 2. The van der Waals surface area contributed by atoms with Crippen molar-refractivity contribution in [3.05, 3.63) is 65.7 Å². The molecule has 0 bridgehead atoms. The van der Waals surface area contributed by atoms with Crippen LogP contribution in [0.4, 0.5) is 8.78 Å². The van der Waals surface area contributed by atoms with Crippen molar-refractivity contribution in [3.8, 4) is 22.9 Å².